The number of hydrogen-bond donors (Lipinski definition) is 2. The molecule has 0 radical (unpaired) electrons. The summed E-state index contributed by atoms with van der Waals surface area (Å²) < 4.78 is 30.6. The van der Waals surface area contributed by atoms with E-state index in [4.69, 9.17) is 9.84 Å². The third kappa shape index (κ3) is 4.80. The number of methoxy groups -OCH3 is 1. The monoisotopic (exact) mass is 274 g/mol. The van der Waals surface area contributed by atoms with E-state index in [9.17, 15) is 13.6 Å². The number of anilines is 1. The largest absolute Gasteiger partial charge is 0.395 e. The lowest BCUT2D eigenvalue weighted by molar-refractivity contribution is 0.142. The van der Waals surface area contributed by atoms with E-state index < -0.39 is 17.7 Å². The average Bonchev–Trinajstić information content (AvgIpc) is 2.38. The molecule has 0 heterocycles. The Kier molecular flexibility index (Phi) is 6.17. The van der Waals surface area contributed by atoms with Crippen LogP contribution >= 0.6 is 0 Å². The van der Waals surface area contributed by atoms with E-state index in [-0.39, 0.29) is 25.4 Å². The van der Waals surface area contributed by atoms with Crippen LogP contribution in [0.25, 0.3) is 0 Å². The average molecular weight is 274 g/mol. The number of nitrogens with one attached hydrogen (secondary N) is 1. The van der Waals surface area contributed by atoms with E-state index >= 15 is 0 Å². The van der Waals surface area contributed by atoms with Crippen LogP contribution in [-0.2, 0) is 4.74 Å². The third-order valence-corrected chi connectivity index (χ3v) is 2.39. The van der Waals surface area contributed by atoms with Crippen LogP contribution in [0.4, 0.5) is 19.3 Å². The Labute approximate surface area is 109 Å². The summed E-state index contributed by atoms with van der Waals surface area (Å²) in [5.41, 5.74) is 0.143. The first kappa shape index (κ1) is 15.3. The molecule has 0 aliphatic rings. The summed E-state index contributed by atoms with van der Waals surface area (Å²) in [7, 11) is 1.49. The molecule has 0 saturated carbocycles. The van der Waals surface area contributed by atoms with Gasteiger partial charge in [0.05, 0.1) is 13.2 Å². The maximum atomic E-state index is 13.0. The number of nitrogens with zero attached hydrogens (tertiary/aromatic N) is 1. The lowest BCUT2D eigenvalue weighted by atomic mass is 10.3. The first-order chi connectivity index (χ1) is 9.08. The standard InChI is InChI=1S/C12H16F2N2O3/c1-19-7-5-16(4-6-17)12(18)15-9-2-3-10(13)11(14)8-9/h2-3,8,17H,4-7H2,1H3,(H,15,18). The van der Waals surface area contributed by atoms with Crippen molar-refractivity contribution in [2.24, 2.45) is 0 Å². The molecular weight excluding hydrogens is 258 g/mol. The topological polar surface area (TPSA) is 61.8 Å². The maximum absolute atomic E-state index is 13.0. The number of urea groups is 1. The second-order valence-electron chi connectivity index (χ2n) is 3.76. The highest BCUT2D eigenvalue weighted by Gasteiger charge is 2.13. The minimum atomic E-state index is -1.04. The molecule has 0 atom stereocenters. The van der Waals surface area contributed by atoms with Gasteiger partial charge < -0.3 is 20.1 Å². The second-order valence-corrected chi connectivity index (χ2v) is 3.76. The van der Waals surface area contributed by atoms with Crippen molar-refractivity contribution in [3.63, 3.8) is 0 Å². The minimum absolute atomic E-state index is 0.124. The lowest BCUT2D eigenvalue weighted by Crippen LogP contribution is -2.39. The quantitative estimate of drug-likeness (QED) is 0.825. The van der Waals surface area contributed by atoms with Gasteiger partial charge in [-0.2, -0.15) is 0 Å². The predicted octanol–water partition coefficient (Wildman–Crippen LogP) is 1.44. The van der Waals surface area contributed by atoms with Gasteiger partial charge in [-0.3, -0.25) is 0 Å². The van der Waals surface area contributed by atoms with Crippen molar-refractivity contribution in [3.05, 3.63) is 29.8 Å². The van der Waals surface area contributed by atoms with Gasteiger partial charge in [-0.1, -0.05) is 0 Å². The van der Waals surface area contributed by atoms with Gasteiger partial charge in [-0.25, -0.2) is 13.6 Å². The number of aliphatic hydroxyl groups is 1. The molecule has 7 heteroatoms. The Balaban J connectivity index is 2.66. The Morgan fingerprint density at radius 3 is 2.68 bits per heavy atom. The van der Waals surface area contributed by atoms with Crippen molar-refractivity contribution in [3.8, 4) is 0 Å². The van der Waals surface area contributed by atoms with Gasteiger partial charge in [0, 0.05) is 32.0 Å². The Hall–Kier alpha value is -1.73. The van der Waals surface area contributed by atoms with Crippen LogP contribution in [0.15, 0.2) is 18.2 Å². The zero-order valence-corrected chi connectivity index (χ0v) is 10.5. The van der Waals surface area contributed by atoms with Gasteiger partial charge in [0.1, 0.15) is 0 Å². The smallest absolute Gasteiger partial charge is 0.322 e. The van der Waals surface area contributed by atoms with Crippen molar-refractivity contribution < 1.29 is 23.4 Å². The van der Waals surface area contributed by atoms with Crippen LogP contribution in [0.3, 0.4) is 0 Å². The Morgan fingerprint density at radius 1 is 1.37 bits per heavy atom. The molecule has 0 unspecified atom stereocenters. The van der Waals surface area contributed by atoms with Crippen molar-refractivity contribution >= 4 is 11.7 Å². The molecule has 0 fully saturated rings. The fraction of sp³-hybridized carbons (Fsp3) is 0.417. The number of aliphatic hydroxyl groups excluding tert-OH is 1. The van der Waals surface area contributed by atoms with E-state index in [0.29, 0.717) is 6.61 Å². The van der Waals surface area contributed by atoms with Gasteiger partial charge in [0.2, 0.25) is 0 Å². The molecule has 1 aromatic carbocycles. The van der Waals surface area contributed by atoms with Crippen molar-refractivity contribution in [2.75, 3.05) is 38.7 Å². The third-order valence-electron chi connectivity index (χ3n) is 2.39. The number of hydrogen-bond acceptors (Lipinski definition) is 3. The molecule has 0 saturated heterocycles. The Bertz CT molecular complexity index is 429. The minimum Gasteiger partial charge on any atom is -0.395 e. The molecule has 0 bridgehead atoms. The molecule has 2 N–H and O–H groups in total. The molecule has 0 aromatic heterocycles. The van der Waals surface area contributed by atoms with Crippen LogP contribution < -0.4 is 5.32 Å². The van der Waals surface area contributed by atoms with Crippen molar-refractivity contribution in [1.82, 2.24) is 4.90 Å². The summed E-state index contributed by atoms with van der Waals surface area (Å²) in [5.74, 6) is -2.02. The van der Waals surface area contributed by atoms with Gasteiger partial charge in [0.15, 0.2) is 11.6 Å². The highest BCUT2D eigenvalue weighted by atomic mass is 19.2. The van der Waals surface area contributed by atoms with Gasteiger partial charge in [0.25, 0.3) is 0 Å². The molecule has 5 nitrogen and oxygen atoms in total. The summed E-state index contributed by atoms with van der Waals surface area (Å²) in [4.78, 5) is 13.1. The molecule has 19 heavy (non-hydrogen) atoms. The summed E-state index contributed by atoms with van der Waals surface area (Å²) >= 11 is 0. The number of halogens is 2. The fourth-order valence-electron chi connectivity index (χ4n) is 1.41. The summed E-state index contributed by atoms with van der Waals surface area (Å²) in [6.07, 6.45) is 0. The van der Waals surface area contributed by atoms with Crippen LogP contribution in [0.5, 0.6) is 0 Å². The second kappa shape index (κ2) is 7.65. The van der Waals surface area contributed by atoms with Crippen LogP contribution in [0, 0.1) is 11.6 Å². The molecule has 1 aromatic rings. The van der Waals surface area contributed by atoms with Gasteiger partial charge >= 0.3 is 6.03 Å². The van der Waals surface area contributed by atoms with Gasteiger partial charge in [-0.05, 0) is 12.1 Å². The summed E-state index contributed by atoms with van der Waals surface area (Å²) in [5, 5.41) is 11.3. The molecule has 2 amide bonds. The number of benzene rings is 1. The van der Waals surface area contributed by atoms with E-state index in [2.05, 4.69) is 5.32 Å². The number of carbonyl (C=O) groups excluding carboxylic acids is 1. The fourth-order valence-corrected chi connectivity index (χ4v) is 1.41. The molecule has 1 rings (SSSR count). The molecule has 0 spiro atoms. The molecule has 106 valence electrons. The number of carbonyl (C=O) groups is 1. The first-order valence-corrected chi connectivity index (χ1v) is 5.69. The Morgan fingerprint density at radius 2 is 2.11 bits per heavy atom. The SMILES string of the molecule is COCCN(CCO)C(=O)Nc1ccc(F)c(F)c1. The molecule has 0 aliphatic carbocycles. The van der Waals surface area contributed by atoms with Crippen LogP contribution in [-0.4, -0.2) is 49.5 Å². The van der Waals surface area contributed by atoms with Gasteiger partial charge in [-0.15, -0.1) is 0 Å². The van der Waals surface area contributed by atoms with E-state index in [1.807, 2.05) is 0 Å². The van der Waals surface area contributed by atoms with E-state index in [1.54, 1.807) is 0 Å². The van der Waals surface area contributed by atoms with Crippen LogP contribution in [0.2, 0.25) is 0 Å². The predicted molar refractivity (Wildman–Crippen MR) is 65.9 cm³/mol. The highest BCUT2D eigenvalue weighted by Crippen LogP contribution is 2.13. The van der Waals surface area contributed by atoms with Crippen molar-refractivity contribution in [2.45, 2.75) is 0 Å². The number of rotatable bonds is 6. The zero-order chi connectivity index (χ0) is 14.3. The number of ether oxygens (including phenoxy) is 1. The zero-order valence-electron chi connectivity index (χ0n) is 10.5. The van der Waals surface area contributed by atoms with Crippen molar-refractivity contribution in [1.29, 1.82) is 0 Å². The van der Waals surface area contributed by atoms with E-state index in [0.717, 1.165) is 12.1 Å². The van der Waals surface area contributed by atoms with E-state index in [1.165, 1.54) is 18.1 Å². The summed E-state index contributed by atoms with van der Waals surface area (Å²) in [6, 6.07) is 2.55. The maximum Gasteiger partial charge on any atom is 0.322 e. The van der Waals surface area contributed by atoms with Crippen LogP contribution in [0.1, 0.15) is 0 Å². The lowest BCUT2D eigenvalue weighted by Gasteiger charge is -2.21. The summed E-state index contributed by atoms with van der Waals surface area (Å²) in [6.45, 7) is 0.519. The molecular formula is C12H16F2N2O3. The highest BCUT2D eigenvalue weighted by molar-refractivity contribution is 5.89. The molecule has 0 aliphatic heterocycles. The normalized spacial score (nSPS) is 10.3. The first-order valence-electron chi connectivity index (χ1n) is 5.69. The number of amides is 2.